The van der Waals surface area contributed by atoms with Crippen LogP contribution in [0, 0.1) is 45.8 Å². The number of aromatic nitrogens is 6. The molecule has 0 N–H and O–H groups in total. The van der Waals surface area contributed by atoms with E-state index in [9.17, 15) is 0 Å². The first-order chi connectivity index (χ1) is 18.5. The molecule has 8 heteroatoms. The highest BCUT2D eigenvalue weighted by Crippen LogP contribution is 2.43. The smallest absolute Gasteiger partial charge is 0.322 e. The molecule has 0 radical (unpaired) electrons. The van der Waals surface area contributed by atoms with Crippen LogP contribution < -0.4 is 4.74 Å². The summed E-state index contributed by atoms with van der Waals surface area (Å²) in [5.74, 6) is 1.80. The fraction of sp³-hybridized carbons (Fsp3) is 0.179. The lowest BCUT2D eigenvalue weighted by Crippen LogP contribution is -2.01. The molecule has 7 nitrogen and oxygen atoms in total. The van der Waals surface area contributed by atoms with Crippen molar-refractivity contribution in [2.75, 3.05) is 0 Å². The van der Waals surface area contributed by atoms with Crippen molar-refractivity contribution in [3.05, 3.63) is 77.0 Å². The van der Waals surface area contributed by atoms with Crippen LogP contribution in [-0.2, 0) is 7.05 Å². The summed E-state index contributed by atoms with van der Waals surface area (Å²) in [6.07, 6.45) is 8.33. The summed E-state index contributed by atoms with van der Waals surface area (Å²) in [6.45, 7) is 2.94. The van der Waals surface area contributed by atoms with Gasteiger partial charge in [-0.15, -0.1) is 6.42 Å². The highest BCUT2D eigenvalue weighted by Gasteiger charge is 2.25. The van der Waals surface area contributed by atoms with Gasteiger partial charge in [0.05, 0.1) is 11.4 Å². The van der Waals surface area contributed by atoms with Crippen molar-refractivity contribution in [2.24, 2.45) is 7.05 Å². The quantitative estimate of drug-likeness (QED) is 0.310. The Balaban J connectivity index is 1.81. The topological polar surface area (TPSA) is 78.6 Å². The van der Waals surface area contributed by atoms with Crippen LogP contribution in [0.2, 0.25) is 0 Å². The SMILES string of the molecule is [2H]C([2H])([2H])c1ncnc2c1c(-c1ccc(Oc3nccc(C)n3)c(F)c1)c(-c1c(C)cc(C#C)nc1C)n2C. The largest absolute Gasteiger partial charge is 0.421 e. The molecule has 36 heavy (non-hydrogen) atoms. The van der Waals surface area contributed by atoms with Crippen LogP contribution in [0.4, 0.5) is 4.39 Å². The first kappa shape index (κ1) is 19.6. The zero-order valence-electron chi connectivity index (χ0n) is 23.1. The maximum absolute atomic E-state index is 15.5. The van der Waals surface area contributed by atoms with Crippen molar-refractivity contribution in [3.63, 3.8) is 0 Å². The number of nitrogens with zero attached hydrogens (tertiary/aromatic N) is 6. The van der Waals surface area contributed by atoms with E-state index in [1.165, 1.54) is 24.7 Å². The molecule has 0 aliphatic carbocycles. The van der Waals surface area contributed by atoms with Gasteiger partial charge in [-0.3, -0.25) is 0 Å². The summed E-state index contributed by atoms with van der Waals surface area (Å²) in [6, 6.07) is 7.88. The zero-order valence-corrected chi connectivity index (χ0v) is 20.1. The molecule has 0 unspecified atom stereocenters. The van der Waals surface area contributed by atoms with E-state index in [1.807, 2.05) is 13.8 Å². The van der Waals surface area contributed by atoms with Gasteiger partial charge < -0.3 is 9.30 Å². The average Bonchev–Trinajstić information content (AvgIpc) is 3.16. The molecule has 0 spiro atoms. The molecule has 0 bridgehead atoms. The normalized spacial score (nSPS) is 12.6. The van der Waals surface area contributed by atoms with Gasteiger partial charge in [-0.05, 0) is 63.0 Å². The fourth-order valence-electron chi connectivity index (χ4n) is 4.40. The van der Waals surface area contributed by atoms with Gasteiger partial charge in [0.2, 0.25) is 0 Å². The van der Waals surface area contributed by atoms with E-state index in [-0.39, 0.29) is 17.5 Å². The van der Waals surface area contributed by atoms with Crippen molar-refractivity contribution in [2.45, 2.75) is 27.6 Å². The lowest BCUT2D eigenvalue weighted by atomic mass is 9.94. The summed E-state index contributed by atoms with van der Waals surface area (Å²) >= 11 is 0. The summed E-state index contributed by atoms with van der Waals surface area (Å²) < 4.78 is 47.3. The molecule has 0 fully saturated rings. The Kier molecular flexibility index (Phi) is 4.83. The Morgan fingerprint density at radius 3 is 2.56 bits per heavy atom. The zero-order chi connectivity index (χ0) is 28.1. The van der Waals surface area contributed by atoms with Gasteiger partial charge in [0, 0.05) is 45.3 Å². The van der Waals surface area contributed by atoms with E-state index in [0.29, 0.717) is 44.9 Å². The molecule has 0 saturated carbocycles. The number of fused-ring (bicyclic) bond motifs is 1. The highest BCUT2D eigenvalue weighted by atomic mass is 19.1. The third-order valence-corrected chi connectivity index (χ3v) is 5.94. The predicted molar refractivity (Wildman–Crippen MR) is 136 cm³/mol. The van der Waals surface area contributed by atoms with E-state index in [4.69, 9.17) is 15.3 Å². The lowest BCUT2D eigenvalue weighted by molar-refractivity contribution is 0.410. The van der Waals surface area contributed by atoms with Crippen molar-refractivity contribution in [1.82, 2.24) is 29.5 Å². The molecular formula is C28H23FN6O. The number of aryl methyl sites for hydroxylation is 5. The van der Waals surface area contributed by atoms with Crippen LogP contribution in [0.5, 0.6) is 11.8 Å². The van der Waals surface area contributed by atoms with E-state index >= 15 is 4.39 Å². The minimum Gasteiger partial charge on any atom is -0.421 e. The van der Waals surface area contributed by atoms with Crippen molar-refractivity contribution in [3.8, 4) is 46.5 Å². The van der Waals surface area contributed by atoms with Crippen LogP contribution in [0.1, 0.15) is 32.5 Å². The Morgan fingerprint density at radius 2 is 1.86 bits per heavy atom. The fourth-order valence-corrected chi connectivity index (χ4v) is 4.40. The number of pyridine rings is 1. The molecule has 0 amide bonds. The molecule has 0 saturated heterocycles. The molecule has 0 aliphatic heterocycles. The number of benzene rings is 1. The Labute approximate surface area is 212 Å². The second-order valence-corrected chi connectivity index (χ2v) is 8.36. The predicted octanol–water partition coefficient (Wildman–Crippen LogP) is 5.63. The minimum atomic E-state index is -2.55. The lowest BCUT2D eigenvalue weighted by Gasteiger charge is -2.15. The number of rotatable bonds is 4. The van der Waals surface area contributed by atoms with Gasteiger partial charge in [-0.25, -0.2) is 29.3 Å². The average molecular weight is 482 g/mol. The molecule has 178 valence electrons. The standard InChI is InChI=1S/C28H23FN6O/c1-7-20-12-15(2)23(18(5)34-20)26-25(24-17(4)31-14-32-27(24)35(26)6)19-8-9-22(21(29)13-19)36-28-30-11-10-16(3)33-28/h1,8-14H,2-6H3/i4D3. The van der Waals surface area contributed by atoms with Crippen molar-refractivity contribution < 1.29 is 13.2 Å². The van der Waals surface area contributed by atoms with Crippen molar-refractivity contribution in [1.29, 1.82) is 0 Å². The van der Waals surface area contributed by atoms with Gasteiger partial charge in [-0.1, -0.05) is 12.0 Å². The third kappa shape index (κ3) is 3.85. The van der Waals surface area contributed by atoms with E-state index in [2.05, 4.69) is 30.8 Å². The number of terminal acetylenes is 1. The molecule has 5 aromatic rings. The van der Waals surface area contributed by atoms with Gasteiger partial charge >= 0.3 is 6.01 Å². The minimum absolute atomic E-state index is 0.0107. The maximum atomic E-state index is 15.5. The Hall–Kier alpha value is -4.64. The first-order valence-electron chi connectivity index (χ1n) is 12.6. The van der Waals surface area contributed by atoms with E-state index in [0.717, 1.165) is 11.1 Å². The molecule has 1 aromatic carbocycles. The van der Waals surface area contributed by atoms with Crippen LogP contribution in [0.3, 0.4) is 0 Å². The summed E-state index contributed by atoms with van der Waals surface area (Å²) in [4.78, 5) is 21.2. The molecule has 5 rings (SSSR count). The van der Waals surface area contributed by atoms with Gasteiger partial charge in [-0.2, -0.15) is 0 Å². The van der Waals surface area contributed by atoms with Gasteiger partial charge in [0.15, 0.2) is 11.6 Å². The molecule has 0 aliphatic rings. The number of hydrogen-bond acceptors (Lipinski definition) is 6. The molecular weight excluding hydrogens is 455 g/mol. The molecule has 4 heterocycles. The number of halogens is 1. The van der Waals surface area contributed by atoms with E-state index in [1.54, 1.807) is 36.7 Å². The monoisotopic (exact) mass is 481 g/mol. The summed E-state index contributed by atoms with van der Waals surface area (Å²) in [7, 11) is 1.77. The second-order valence-electron chi connectivity index (χ2n) is 8.36. The van der Waals surface area contributed by atoms with Gasteiger partial charge in [0.25, 0.3) is 0 Å². The summed E-state index contributed by atoms with van der Waals surface area (Å²) in [5, 5.41) is 0.296. The van der Waals surface area contributed by atoms with Crippen LogP contribution >= 0.6 is 0 Å². The Morgan fingerprint density at radius 1 is 1.03 bits per heavy atom. The van der Waals surface area contributed by atoms with Crippen LogP contribution in [0.25, 0.3) is 33.4 Å². The van der Waals surface area contributed by atoms with E-state index < -0.39 is 12.7 Å². The molecule has 4 aromatic heterocycles. The maximum Gasteiger partial charge on any atom is 0.322 e. The summed E-state index contributed by atoms with van der Waals surface area (Å²) in [5.41, 5.74) is 5.05. The number of ether oxygens (including phenoxy) is 1. The number of hydrogen-bond donors (Lipinski definition) is 0. The second kappa shape index (κ2) is 8.86. The van der Waals surface area contributed by atoms with Gasteiger partial charge in [0.1, 0.15) is 17.7 Å². The first-order valence-corrected chi connectivity index (χ1v) is 11.1. The molecule has 0 atom stereocenters. The Bertz CT molecular complexity index is 1780. The van der Waals surface area contributed by atoms with Crippen molar-refractivity contribution >= 4 is 11.0 Å². The highest BCUT2D eigenvalue weighted by molar-refractivity contribution is 6.05. The van der Waals surface area contributed by atoms with Crippen LogP contribution in [-0.4, -0.2) is 29.5 Å². The third-order valence-electron chi connectivity index (χ3n) is 5.94. The van der Waals surface area contributed by atoms with Crippen LogP contribution in [0.15, 0.2) is 42.9 Å².